The van der Waals surface area contributed by atoms with Gasteiger partial charge in [-0.1, -0.05) is 25.1 Å². The summed E-state index contributed by atoms with van der Waals surface area (Å²) in [4.78, 5) is 14.4. The number of halogens is 4. The molecule has 0 bridgehead atoms. The summed E-state index contributed by atoms with van der Waals surface area (Å²) in [5.74, 6) is -1.60. The van der Waals surface area contributed by atoms with Crippen LogP contribution in [-0.2, 0) is 15.0 Å². The van der Waals surface area contributed by atoms with Gasteiger partial charge in [0.1, 0.15) is 17.7 Å². The number of anilines is 1. The van der Waals surface area contributed by atoms with E-state index in [4.69, 9.17) is 11.6 Å². The molecule has 0 aliphatic carbocycles. The molecular weight excluding hydrogens is 572 g/mol. The molecule has 12 heteroatoms. The fraction of sp³-hybridized carbons (Fsp3) is 0.227. The Hall–Kier alpha value is -1.89. The highest BCUT2D eigenvalue weighted by Crippen LogP contribution is 2.37. The van der Waals surface area contributed by atoms with Crippen LogP contribution in [0.1, 0.15) is 24.8 Å². The molecule has 0 spiro atoms. The number of carbonyl (C=O) groups is 1. The van der Waals surface area contributed by atoms with Gasteiger partial charge in [-0.2, -0.15) is 17.4 Å². The zero-order chi connectivity index (χ0) is 23.9. The maximum Gasteiger partial charge on any atom is 0.280 e. The Balaban J connectivity index is 0.00000324. The summed E-state index contributed by atoms with van der Waals surface area (Å²) in [7, 11) is -2.64. The van der Waals surface area contributed by atoms with E-state index in [1.807, 2.05) is 0 Å². The minimum Gasteiger partial charge on any atom is -0.325 e. The van der Waals surface area contributed by atoms with Crippen LogP contribution in [0.4, 0.5) is 14.5 Å². The second kappa shape index (κ2) is 10.4. The molecule has 1 fully saturated rings. The Kier molecular flexibility index (Phi) is 8.16. The van der Waals surface area contributed by atoms with Crippen LogP contribution in [-0.4, -0.2) is 31.7 Å². The van der Waals surface area contributed by atoms with E-state index in [1.165, 1.54) is 36.6 Å². The maximum atomic E-state index is 13.9. The van der Waals surface area contributed by atoms with Crippen molar-refractivity contribution < 1.29 is 22.0 Å². The standard InChI is InChI=1S/C21H17BrClF2N3O3S2.CH4/c1-28-18(21(29)26-12-3-5-15(24)14(23)9-12)10-17(27-33(28,30)31)20-7-6-19(32-20)11-2-4-13(22)16(25)8-11;/h2-9,17-18,27H,10H2,1H3,(H,26,29);1H4. The lowest BCUT2D eigenvalue weighted by atomic mass is 10.1. The first-order chi connectivity index (χ1) is 15.5. The molecule has 2 aromatic carbocycles. The summed E-state index contributed by atoms with van der Waals surface area (Å²) in [5.41, 5.74) is 0.910. The fourth-order valence-electron chi connectivity index (χ4n) is 3.44. The Morgan fingerprint density at radius 1 is 1.18 bits per heavy atom. The first-order valence-electron chi connectivity index (χ1n) is 9.61. The van der Waals surface area contributed by atoms with E-state index in [1.54, 1.807) is 24.3 Å². The first kappa shape index (κ1) is 26.7. The van der Waals surface area contributed by atoms with Crippen LogP contribution in [0.15, 0.2) is 53.0 Å². The highest BCUT2D eigenvalue weighted by Gasteiger charge is 2.41. The van der Waals surface area contributed by atoms with Gasteiger partial charge >= 0.3 is 0 Å². The van der Waals surface area contributed by atoms with Gasteiger partial charge in [-0.05, 0) is 70.4 Å². The summed E-state index contributed by atoms with van der Waals surface area (Å²) in [6.07, 6.45) is 0.158. The minimum absolute atomic E-state index is 0. The van der Waals surface area contributed by atoms with Gasteiger partial charge in [-0.15, -0.1) is 11.3 Å². The van der Waals surface area contributed by atoms with E-state index < -0.39 is 39.8 Å². The molecule has 1 aromatic heterocycles. The van der Waals surface area contributed by atoms with Gasteiger partial charge in [0, 0.05) is 22.5 Å². The molecule has 2 unspecified atom stereocenters. The largest absolute Gasteiger partial charge is 0.325 e. The third kappa shape index (κ3) is 5.50. The number of hydrogen-bond donors (Lipinski definition) is 2. The number of rotatable bonds is 4. The number of likely N-dealkylation sites (N-methyl/N-ethyl adjacent to an activating group) is 1. The van der Waals surface area contributed by atoms with E-state index in [-0.39, 0.29) is 24.6 Å². The quantitative estimate of drug-likeness (QED) is 0.392. The molecule has 2 N–H and O–H groups in total. The van der Waals surface area contributed by atoms with Crippen molar-refractivity contribution in [2.24, 2.45) is 0 Å². The molecule has 34 heavy (non-hydrogen) atoms. The molecular formula is C22H21BrClF2N3O3S2. The second-order valence-electron chi connectivity index (χ2n) is 7.39. The van der Waals surface area contributed by atoms with Crippen LogP contribution < -0.4 is 10.0 Å². The van der Waals surface area contributed by atoms with Gasteiger partial charge in [-0.3, -0.25) is 4.79 Å². The van der Waals surface area contributed by atoms with Crippen molar-refractivity contribution in [2.45, 2.75) is 25.9 Å². The number of nitrogens with zero attached hydrogens (tertiary/aromatic N) is 1. The monoisotopic (exact) mass is 591 g/mol. The third-order valence-electron chi connectivity index (χ3n) is 5.23. The van der Waals surface area contributed by atoms with Crippen molar-refractivity contribution in [3.63, 3.8) is 0 Å². The lowest BCUT2D eigenvalue weighted by Crippen LogP contribution is -2.55. The maximum absolute atomic E-state index is 13.9. The lowest BCUT2D eigenvalue weighted by molar-refractivity contribution is -0.120. The van der Waals surface area contributed by atoms with Gasteiger partial charge < -0.3 is 5.32 Å². The number of hydrogen-bond acceptors (Lipinski definition) is 4. The molecule has 1 saturated heterocycles. The van der Waals surface area contributed by atoms with Crippen LogP contribution in [0.2, 0.25) is 5.02 Å². The Labute approximate surface area is 214 Å². The minimum atomic E-state index is -3.95. The number of benzene rings is 2. The van der Waals surface area contributed by atoms with E-state index in [9.17, 15) is 22.0 Å². The van der Waals surface area contributed by atoms with E-state index in [0.717, 1.165) is 15.2 Å². The highest BCUT2D eigenvalue weighted by atomic mass is 79.9. The molecule has 0 saturated carbocycles. The summed E-state index contributed by atoms with van der Waals surface area (Å²) in [6, 6.07) is 10.3. The molecule has 3 aromatic rings. The Morgan fingerprint density at radius 3 is 2.59 bits per heavy atom. The normalized spacial score (nSPS) is 19.9. The van der Waals surface area contributed by atoms with Crippen molar-refractivity contribution >= 4 is 60.7 Å². The second-order valence-corrected chi connectivity index (χ2v) is 11.5. The topological polar surface area (TPSA) is 78.5 Å². The van der Waals surface area contributed by atoms with Gasteiger partial charge in [0.15, 0.2) is 0 Å². The molecule has 6 nitrogen and oxygen atoms in total. The summed E-state index contributed by atoms with van der Waals surface area (Å²) in [5, 5.41) is 2.44. The van der Waals surface area contributed by atoms with Crippen LogP contribution in [0.25, 0.3) is 10.4 Å². The van der Waals surface area contributed by atoms with E-state index >= 15 is 0 Å². The van der Waals surface area contributed by atoms with Crippen LogP contribution in [0.5, 0.6) is 0 Å². The molecule has 2 atom stereocenters. The average Bonchev–Trinajstić information content (AvgIpc) is 3.25. The molecule has 182 valence electrons. The summed E-state index contributed by atoms with van der Waals surface area (Å²) < 4.78 is 56.6. The highest BCUT2D eigenvalue weighted by molar-refractivity contribution is 9.10. The summed E-state index contributed by atoms with van der Waals surface area (Å²) in [6.45, 7) is 0. The first-order valence-corrected chi connectivity index (χ1v) is 13.0. The zero-order valence-corrected chi connectivity index (χ0v) is 21.0. The van der Waals surface area contributed by atoms with Crippen molar-refractivity contribution in [3.8, 4) is 10.4 Å². The lowest BCUT2D eigenvalue weighted by Gasteiger charge is -2.35. The Morgan fingerprint density at radius 2 is 1.91 bits per heavy atom. The van der Waals surface area contributed by atoms with Crippen molar-refractivity contribution in [2.75, 3.05) is 12.4 Å². The molecule has 1 aliphatic heterocycles. The van der Waals surface area contributed by atoms with Gasteiger partial charge in [0.2, 0.25) is 5.91 Å². The third-order valence-corrected chi connectivity index (χ3v) is 9.01. The summed E-state index contributed by atoms with van der Waals surface area (Å²) >= 11 is 10.2. The van der Waals surface area contributed by atoms with Crippen LogP contribution in [0, 0.1) is 11.6 Å². The molecule has 4 rings (SSSR count). The molecule has 2 heterocycles. The number of carbonyl (C=O) groups excluding carboxylic acids is 1. The van der Waals surface area contributed by atoms with Crippen LogP contribution >= 0.6 is 38.9 Å². The van der Waals surface area contributed by atoms with Crippen LogP contribution in [0.3, 0.4) is 0 Å². The molecule has 1 aliphatic rings. The van der Waals surface area contributed by atoms with E-state index in [0.29, 0.717) is 14.9 Å². The fourth-order valence-corrected chi connectivity index (χ4v) is 6.28. The molecule has 0 radical (unpaired) electrons. The number of nitrogens with one attached hydrogen (secondary N) is 2. The van der Waals surface area contributed by atoms with Crippen molar-refractivity contribution in [1.29, 1.82) is 0 Å². The average molecular weight is 593 g/mol. The van der Waals surface area contributed by atoms with Gasteiger partial charge in [0.05, 0.1) is 15.5 Å². The SMILES string of the molecule is C.CN1C(C(=O)Nc2ccc(F)c(Cl)c2)CC(c2ccc(-c3ccc(Br)c(F)c3)s2)NS1(=O)=O. The molecule has 1 amide bonds. The van der Waals surface area contributed by atoms with Gasteiger partial charge in [0.25, 0.3) is 10.2 Å². The van der Waals surface area contributed by atoms with Crippen molar-refractivity contribution in [3.05, 3.63) is 74.5 Å². The predicted octanol–water partition coefficient (Wildman–Crippen LogP) is 5.96. The zero-order valence-electron chi connectivity index (χ0n) is 17.0. The van der Waals surface area contributed by atoms with E-state index in [2.05, 4.69) is 26.0 Å². The predicted molar refractivity (Wildman–Crippen MR) is 135 cm³/mol. The Bertz CT molecular complexity index is 1340. The number of thiophene rings is 1. The smallest absolute Gasteiger partial charge is 0.280 e. The van der Waals surface area contributed by atoms with Gasteiger partial charge in [-0.25, -0.2) is 8.78 Å². The van der Waals surface area contributed by atoms with Crippen molar-refractivity contribution in [1.82, 2.24) is 9.03 Å². The number of amides is 1.